The minimum atomic E-state index is 0.745. The molecule has 0 spiro atoms. The average molecular weight is 178 g/mol. The minimum absolute atomic E-state index is 0.745. The molecular weight excluding hydrogens is 164 g/mol. The van der Waals surface area contributed by atoms with Crippen molar-refractivity contribution in [1.82, 2.24) is 15.0 Å². The molecule has 4 nitrogen and oxygen atoms in total. The summed E-state index contributed by atoms with van der Waals surface area (Å²) in [4.78, 5) is 0. The summed E-state index contributed by atoms with van der Waals surface area (Å²) in [5.41, 5.74) is 6.21. The Balaban J connectivity index is 2.35. The molecule has 1 heterocycles. The molecule has 1 rings (SSSR count). The fraction of sp³-hybridized carbons (Fsp3) is 0.556. The molecular formula is C9H14N4. The second-order valence-electron chi connectivity index (χ2n) is 2.79. The van der Waals surface area contributed by atoms with Crippen molar-refractivity contribution >= 4 is 0 Å². The Hall–Kier alpha value is -1.34. The molecule has 70 valence electrons. The van der Waals surface area contributed by atoms with Crippen molar-refractivity contribution in [3.63, 3.8) is 0 Å². The van der Waals surface area contributed by atoms with Crippen LogP contribution in [0.5, 0.6) is 0 Å². The molecule has 4 heteroatoms. The molecule has 0 aliphatic heterocycles. The molecule has 0 atom stereocenters. The largest absolute Gasteiger partial charge is 0.330 e. The van der Waals surface area contributed by atoms with Crippen LogP contribution in [0.1, 0.15) is 25.0 Å². The van der Waals surface area contributed by atoms with Crippen LogP contribution in [0.2, 0.25) is 0 Å². The second kappa shape index (κ2) is 5.33. The molecule has 13 heavy (non-hydrogen) atoms. The Bertz CT molecular complexity index is 305. The van der Waals surface area contributed by atoms with E-state index in [0.717, 1.165) is 31.5 Å². The Morgan fingerprint density at radius 2 is 2.38 bits per heavy atom. The van der Waals surface area contributed by atoms with Gasteiger partial charge in [-0.25, -0.2) is 4.68 Å². The summed E-state index contributed by atoms with van der Waals surface area (Å²) in [7, 11) is 1.83. The lowest BCUT2D eigenvalue weighted by molar-refractivity contribution is 0.708. The molecule has 0 fully saturated rings. The van der Waals surface area contributed by atoms with Gasteiger partial charge < -0.3 is 5.73 Å². The second-order valence-corrected chi connectivity index (χ2v) is 2.79. The zero-order valence-corrected chi connectivity index (χ0v) is 7.82. The van der Waals surface area contributed by atoms with Crippen molar-refractivity contribution in [3.05, 3.63) is 11.9 Å². The molecule has 0 saturated carbocycles. The van der Waals surface area contributed by atoms with Crippen LogP contribution in [-0.4, -0.2) is 21.5 Å². The third-order valence-corrected chi connectivity index (χ3v) is 1.69. The van der Waals surface area contributed by atoms with Crippen molar-refractivity contribution in [3.8, 4) is 11.8 Å². The molecule has 1 aromatic heterocycles. The predicted octanol–water partition coefficient (Wildman–Crippen LogP) is 0.296. The van der Waals surface area contributed by atoms with Gasteiger partial charge in [-0.1, -0.05) is 11.1 Å². The molecule has 0 bridgehead atoms. The van der Waals surface area contributed by atoms with E-state index in [1.807, 2.05) is 7.05 Å². The predicted molar refractivity (Wildman–Crippen MR) is 50.8 cm³/mol. The smallest absolute Gasteiger partial charge is 0.131 e. The van der Waals surface area contributed by atoms with Gasteiger partial charge in [-0.2, -0.15) is 0 Å². The van der Waals surface area contributed by atoms with Gasteiger partial charge in [0.05, 0.1) is 6.20 Å². The zero-order chi connectivity index (χ0) is 9.52. The summed E-state index contributed by atoms with van der Waals surface area (Å²) < 4.78 is 1.66. The maximum atomic E-state index is 5.36. The van der Waals surface area contributed by atoms with Crippen LogP contribution in [0.4, 0.5) is 0 Å². The fourth-order valence-electron chi connectivity index (χ4n) is 0.914. The number of hydrogen-bond donors (Lipinski definition) is 1. The molecule has 0 saturated heterocycles. The molecule has 2 N–H and O–H groups in total. The number of aryl methyl sites for hydroxylation is 1. The van der Waals surface area contributed by atoms with Gasteiger partial charge in [0.25, 0.3) is 0 Å². The molecule has 0 unspecified atom stereocenters. The lowest BCUT2D eigenvalue weighted by Crippen LogP contribution is -1.97. The number of unbranched alkanes of at least 4 members (excludes halogenated alkanes) is 2. The van der Waals surface area contributed by atoms with Gasteiger partial charge in [0.15, 0.2) is 0 Å². The van der Waals surface area contributed by atoms with Crippen molar-refractivity contribution in [2.75, 3.05) is 6.54 Å². The van der Waals surface area contributed by atoms with Crippen LogP contribution in [0.25, 0.3) is 0 Å². The van der Waals surface area contributed by atoms with E-state index >= 15 is 0 Å². The average Bonchev–Trinajstić information content (AvgIpc) is 2.52. The highest BCUT2D eigenvalue weighted by Crippen LogP contribution is 1.93. The number of nitrogens with zero attached hydrogens (tertiary/aromatic N) is 3. The quantitative estimate of drug-likeness (QED) is 0.535. The van der Waals surface area contributed by atoms with Crippen molar-refractivity contribution in [2.24, 2.45) is 12.8 Å². The third-order valence-electron chi connectivity index (χ3n) is 1.69. The topological polar surface area (TPSA) is 56.7 Å². The molecule has 0 amide bonds. The van der Waals surface area contributed by atoms with Gasteiger partial charge in [0.2, 0.25) is 0 Å². The summed E-state index contributed by atoms with van der Waals surface area (Å²) in [5, 5.41) is 7.50. The molecule has 0 radical (unpaired) electrons. The summed E-state index contributed by atoms with van der Waals surface area (Å²) in [5.74, 6) is 6.06. The fourth-order valence-corrected chi connectivity index (χ4v) is 0.914. The van der Waals surface area contributed by atoms with Gasteiger partial charge in [-0.3, -0.25) is 0 Å². The van der Waals surface area contributed by atoms with E-state index in [-0.39, 0.29) is 0 Å². The lowest BCUT2D eigenvalue weighted by Gasteiger charge is -1.89. The highest BCUT2D eigenvalue weighted by molar-refractivity contribution is 5.24. The van der Waals surface area contributed by atoms with Gasteiger partial charge in [0, 0.05) is 13.5 Å². The van der Waals surface area contributed by atoms with Gasteiger partial charge in [0.1, 0.15) is 5.69 Å². The molecule has 0 aromatic carbocycles. The van der Waals surface area contributed by atoms with Crippen LogP contribution in [0.15, 0.2) is 6.20 Å². The highest BCUT2D eigenvalue weighted by atomic mass is 15.4. The monoisotopic (exact) mass is 178 g/mol. The van der Waals surface area contributed by atoms with Gasteiger partial charge in [-0.15, -0.1) is 5.10 Å². The normalized spacial score (nSPS) is 9.38. The summed E-state index contributed by atoms with van der Waals surface area (Å²) in [6.45, 7) is 0.745. The Morgan fingerprint density at radius 3 is 3.00 bits per heavy atom. The summed E-state index contributed by atoms with van der Waals surface area (Å²) in [6, 6.07) is 0. The third kappa shape index (κ3) is 3.26. The Kier molecular flexibility index (Phi) is 4.00. The lowest BCUT2D eigenvalue weighted by atomic mass is 10.2. The summed E-state index contributed by atoms with van der Waals surface area (Å²) in [6.07, 6.45) is 4.66. The van der Waals surface area contributed by atoms with E-state index in [4.69, 9.17) is 5.73 Å². The van der Waals surface area contributed by atoms with E-state index in [2.05, 4.69) is 22.2 Å². The minimum Gasteiger partial charge on any atom is -0.330 e. The van der Waals surface area contributed by atoms with Crippen molar-refractivity contribution < 1.29 is 0 Å². The first-order valence-corrected chi connectivity index (χ1v) is 4.38. The highest BCUT2D eigenvalue weighted by Gasteiger charge is 1.91. The standard InChI is InChI=1S/C9H14N4/c1-13-9(8-11-12-13)6-4-2-3-5-7-10/h8H,2-3,5,7,10H2,1H3. The van der Waals surface area contributed by atoms with Crippen LogP contribution in [0.3, 0.4) is 0 Å². The van der Waals surface area contributed by atoms with E-state index in [1.165, 1.54) is 0 Å². The first-order chi connectivity index (χ1) is 6.34. The Labute approximate surface area is 78.1 Å². The number of rotatable bonds is 3. The van der Waals surface area contributed by atoms with Crippen molar-refractivity contribution in [1.29, 1.82) is 0 Å². The number of aromatic nitrogens is 3. The Morgan fingerprint density at radius 1 is 1.54 bits per heavy atom. The maximum absolute atomic E-state index is 5.36. The van der Waals surface area contributed by atoms with E-state index in [9.17, 15) is 0 Å². The van der Waals surface area contributed by atoms with E-state index in [1.54, 1.807) is 10.9 Å². The first-order valence-electron chi connectivity index (χ1n) is 4.38. The molecule has 1 aromatic rings. The number of nitrogens with two attached hydrogens (primary N) is 1. The number of hydrogen-bond acceptors (Lipinski definition) is 3. The maximum Gasteiger partial charge on any atom is 0.131 e. The van der Waals surface area contributed by atoms with Crippen LogP contribution in [0, 0.1) is 11.8 Å². The van der Waals surface area contributed by atoms with Crippen LogP contribution < -0.4 is 5.73 Å². The van der Waals surface area contributed by atoms with Crippen LogP contribution in [-0.2, 0) is 7.05 Å². The van der Waals surface area contributed by atoms with Crippen molar-refractivity contribution in [2.45, 2.75) is 19.3 Å². The van der Waals surface area contributed by atoms with E-state index in [0.29, 0.717) is 0 Å². The van der Waals surface area contributed by atoms with Gasteiger partial charge >= 0.3 is 0 Å². The molecule has 0 aliphatic carbocycles. The first kappa shape index (κ1) is 9.75. The zero-order valence-electron chi connectivity index (χ0n) is 7.82. The SMILES string of the molecule is Cn1nncc1C#CCCCCN. The van der Waals surface area contributed by atoms with Crippen LogP contribution >= 0.6 is 0 Å². The van der Waals surface area contributed by atoms with E-state index < -0.39 is 0 Å². The van der Waals surface area contributed by atoms with Gasteiger partial charge in [-0.05, 0) is 25.3 Å². The molecule has 0 aliphatic rings. The summed E-state index contributed by atoms with van der Waals surface area (Å²) >= 11 is 0.